The van der Waals surface area contributed by atoms with Crippen LogP contribution in [0.15, 0.2) is 84.9 Å². The van der Waals surface area contributed by atoms with Crippen molar-refractivity contribution in [3.8, 4) is 23.2 Å². The Balaban J connectivity index is 1.64. The maximum Gasteiger partial charge on any atom is 0.174 e. The zero-order valence-corrected chi connectivity index (χ0v) is 16.6. The lowest BCUT2D eigenvalue weighted by atomic mass is 10.1. The second-order valence-electron chi connectivity index (χ2n) is 6.75. The normalized spacial score (nSPS) is 11.1. The zero-order valence-electron chi connectivity index (χ0n) is 16.6. The first-order valence-corrected chi connectivity index (χ1v) is 9.59. The van der Waals surface area contributed by atoms with Crippen LogP contribution in [0.3, 0.4) is 0 Å². The summed E-state index contributed by atoms with van der Waals surface area (Å²) >= 11 is 0. The van der Waals surface area contributed by atoms with E-state index in [0.29, 0.717) is 29.6 Å². The third-order valence-corrected chi connectivity index (χ3v) is 4.72. The summed E-state index contributed by atoms with van der Waals surface area (Å²) in [6, 6.07) is 29.7. The van der Waals surface area contributed by atoms with Crippen LogP contribution in [-0.2, 0) is 13.7 Å². The minimum Gasteiger partial charge on any atom is -0.488 e. The molecular weight excluding hydrogens is 372 g/mol. The third-order valence-electron chi connectivity index (χ3n) is 4.72. The molecule has 0 saturated heterocycles. The largest absolute Gasteiger partial charge is 0.488 e. The molecule has 0 aliphatic heterocycles. The third kappa shape index (κ3) is 4.13. The van der Waals surface area contributed by atoms with E-state index in [0.717, 1.165) is 16.7 Å². The predicted octanol–water partition coefficient (Wildman–Crippen LogP) is 5.13. The lowest BCUT2D eigenvalue weighted by Crippen LogP contribution is -1.99. The standard InChI is InChI=1S/C25H20N4O/c1-29-24(20-12-6-3-7-13-20)27-28-25(29)22(17-26)16-21-14-8-9-15-23(21)30-18-19-10-4-2-5-11-19/h2-16H,18H2,1H3/b22-16-. The zero-order chi connectivity index (χ0) is 20.8. The van der Waals surface area contributed by atoms with Gasteiger partial charge in [-0.25, -0.2) is 0 Å². The lowest BCUT2D eigenvalue weighted by Gasteiger charge is -2.10. The number of para-hydroxylation sites is 1. The van der Waals surface area contributed by atoms with Crippen LogP contribution in [0.1, 0.15) is 17.0 Å². The Bertz CT molecular complexity index is 1200. The molecule has 0 fully saturated rings. The SMILES string of the molecule is Cn1c(/C(C#N)=C\c2ccccc2OCc2ccccc2)nnc1-c1ccccc1. The van der Waals surface area contributed by atoms with Gasteiger partial charge in [0.05, 0.1) is 5.57 Å². The number of ether oxygens (including phenoxy) is 1. The molecule has 1 aromatic heterocycles. The van der Waals surface area contributed by atoms with Crippen molar-refractivity contribution < 1.29 is 4.74 Å². The molecule has 30 heavy (non-hydrogen) atoms. The van der Waals surface area contributed by atoms with Crippen molar-refractivity contribution in [3.63, 3.8) is 0 Å². The van der Waals surface area contributed by atoms with Crippen molar-refractivity contribution >= 4 is 11.6 Å². The first kappa shape index (κ1) is 19.2. The van der Waals surface area contributed by atoms with Crippen LogP contribution in [0.2, 0.25) is 0 Å². The summed E-state index contributed by atoms with van der Waals surface area (Å²) in [6.07, 6.45) is 1.79. The van der Waals surface area contributed by atoms with Crippen LogP contribution >= 0.6 is 0 Å². The maximum absolute atomic E-state index is 9.80. The van der Waals surface area contributed by atoms with E-state index in [1.165, 1.54) is 0 Å². The fourth-order valence-corrected chi connectivity index (χ4v) is 3.17. The van der Waals surface area contributed by atoms with Crippen LogP contribution in [0.25, 0.3) is 23.0 Å². The second-order valence-corrected chi connectivity index (χ2v) is 6.75. The molecule has 0 aliphatic carbocycles. The van der Waals surface area contributed by atoms with Gasteiger partial charge in [-0.3, -0.25) is 0 Å². The number of hydrogen-bond donors (Lipinski definition) is 0. The number of allylic oxidation sites excluding steroid dienone is 1. The van der Waals surface area contributed by atoms with Gasteiger partial charge in [-0.15, -0.1) is 10.2 Å². The van der Waals surface area contributed by atoms with E-state index in [9.17, 15) is 5.26 Å². The van der Waals surface area contributed by atoms with E-state index in [1.54, 1.807) is 6.08 Å². The molecule has 0 amide bonds. The van der Waals surface area contributed by atoms with Gasteiger partial charge in [-0.05, 0) is 17.7 Å². The molecule has 146 valence electrons. The summed E-state index contributed by atoms with van der Waals surface area (Å²) in [7, 11) is 1.86. The van der Waals surface area contributed by atoms with Crippen molar-refractivity contribution in [2.24, 2.45) is 7.05 Å². The second kappa shape index (κ2) is 8.89. The summed E-state index contributed by atoms with van der Waals surface area (Å²) < 4.78 is 7.84. The molecule has 0 aliphatic rings. The molecule has 0 saturated carbocycles. The molecule has 5 nitrogen and oxygen atoms in total. The van der Waals surface area contributed by atoms with E-state index in [2.05, 4.69) is 16.3 Å². The summed E-state index contributed by atoms with van der Waals surface area (Å²) in [4.78, 5) is 0. The van der Waals surface area contributed by atoms with Crippen LogP contribution in [0.4, 0.5) is 0 Å². The van der Waals surface area contributed by atoms with Gasteiger partial charge in [-0.2, -0.15) is 5.26 Å². The summed E-state index contributed by atoms with van der Waals surface area (Å²) in [5, 5.41) is 18.4. The summed E-state index contributed by atoms with van der Waals surface area (Å²) in [5.74, 6) is 1.93. The van der Waals surface area contributed by atoms with Crippen LogP contribution in [-0.4, -0.2) is 14.8 Å². The Morgan fingerprint density at radius 2 is 1.60 bits per heavy atom. The van der Waals surface area contributed by atoms with E-state index in [4.69, 9.17) is 4.74 Å². The molecule has 0 unspecified atom stereocenters. The number of hydrogen-bond acceptors (Lipinski definition) is 4. The van der Waals surface area contributed by atoms with Gasteiger partial charge < -0.3 is 9.30 Å². The van der Waals surface area contributed by atoms with Gasteiger partial charge >= 0.3 is 0 Å². The monoisotopic (exact) mass is 392 g/mol. The molecular formula is C25H20N4O. The number of nitriles is 1. The summed E-state index contributed by atoms with van der Waals surface area (Å²) in [5.41, 5.74) is 3.26. The maximum atomic E-state index is 9.80. The quantitative estimate of drug-likeness (QED) is 0.427. The fourth-order valence-electron chi connectivity index (χ4n) is 3.17. The van der Waals surface area contributed by atoms with Gasteiger partial charge in [0.2, 0.25) is 0 Å². The molecule has 0 spiro atoms. The average molecular weight is 392 g/mol. The molecule has 0 radical (unpaired) electrons. The molecule has 1 heterocycles. The highest BCUT2D eigenvalue weighted by atomic mass is 16.5. The highest BCUT2D eigenvalue weighted by molar-refractivity contribution is 5.88. The van der Waals surface area contributed by atoms with Crippen molar-refractivity contribution in [1.29, 1.82) is 5.26 Å². The molecule has 4 aromatic rings. The van der Waals surface area contributed by atoms with Gasteiger partial charge in [0.25, 0.3) is 0 Å². The molecule has 4 rings (SSSR count). The van der Waals surface area contributed by atoms with E-state index < -0.39 is 0 Å². The topological polar surface area (TPSA) is 63.7 Å². The predicted molar refractivity (Wildman–Crippen MR) is 117 cm³/mol. The Morgan fingerprint density at radius 1 is 0.933 bits per heavy atom. The average Bonchev–Trinajstić information content (AvgIpc) is 3.19. The smallest absolute Gasteiger partial charge is 0.174 e. The molecule has 0 atom stereocenters. The molecule has 0 N–H and O–H groups in total. The Hall–Kier alpha value is -4.17. The van der Waals surface area contributed by atoms with E-state index in [1.807, 2.05) is 96.5 Å². The summed E-state index contributed by atoms with van der Waals surface area (Å²) in [6.45, 7) is 0.454. The molecule has 5 heteroatoms. The number of rotatable bonds is 6. The lowest BCUT2D eigenvalue weighted by molar-refractivity contribution is 0.305. The van der Waals surface area contributed by atoms with Crippen LogP contribution in [0.5, 0.6) is 5.75 Å². The Morgan fingerprint density at radius 3 is 2.33 bits per heavy atom. The van der Waals surface area contributed by atoms with Crippen molar-refractivity contribution in [1.82, 2.24) is 14.8 Å². The van der Waals surface area contributed by atoms with Crippen molar-refractivity contribution in [2.45, 2.75) is 6.61 Å². The van der Waals surface area contributed by atoms with Gasteiger partial charge in [-0.1, -0.05) is 78.9 Å². The minimum absolute atomic E-state index is 0.419. The first-order chi connectivity index (χ1) is 14.8. The molecule has 3 aromatic carbocycles. The van der Waals surface area contributed by atoms with Crippen molar-refractivity contribution in [3.05, 3.63) is 102 Å². The number of nitrogens with zero attached hydrogens (tertiary/aromatic N) is 4. The van der Waals surface area contributed by atoms with Gasteiger partial charge in [0.1, 0.15) is 18.4 Å². The first-order valence-electron chi connectivity index (χ1n) is 9.59. The Labute approximate surface area is 175 Å². The Kier molecular flexibility index (Phi) is 5.68. The minimum atomic E-state index is 0.419. The highest BCUT2D eigenvalue weighted by Crippen LogP contribution is 2.26. The van der Waals surface area contributed by atoms with Crippen molar-refractivity contribution in [2.75, 3.05) is 0 Å². The van der Waals surface area contributed by atoms with Crippen LogP contribution < -0.4 is 4.74 Å². The van der Waals surface area contributed by atoms with Crippen LogP contribution in [0, 0.1) is 11.3 Å². The number of aromatic nitrogens is 3. The molecule has 0 bridgehead atoms. The fraction of sp³-hybridized carbons (Fsp3) is 0.0800. The van der Waals surface area contributed by atoms with E-state index in [-0.39, 0.29) is 0 Å². The van der Waals surface area contributed by atoms with E-state index >= 15 is 0 Å². The number of benzene rings is 3. The van der Waals surface area contributed by atoms with Gasteiger partial charge in [0, 0.05) is 18.2 Å². The highest BCUT2D eigenvalue weighted by Gasteiger charge is 2.15. The van der Waals surface area contributed by atoms with Gasteiger partial charge in [0.15, 0.2) is 11.6 Å².